The summed E-state index contributed by atoms with van der Waals surface area (Å²) < 4.78 is 0. The highest BCUT2D eigenvalue weighted by atomic mass is 16.4. The molecule has 252 valence electrons. The first-order valence-corrected chi connectivity index (χ1v) is 16.1. The van der Waals surface area contributed by atoms with E-state index in [9.17, 15) is 49.8 Å². The second-order valence-corrected chi connectivity index (χ2v) is 14.1. The Balaban J connectivity index is 1.51. The third-order valence-electron chi connectivity index (χ3n) is 12.7. The first-order valence-electron chi connectivity index (χ1n) is 16.1. The van der Waals surface area contributed by atoms with E-state index in [1.807, 2.05) is 0 Å². The number of benzene rings is 4. The predicted octanol–water partition coefficient (Wildman–Crippen LogP) is 3.80. The lowest BCUT2D eigenvalue weighted by molar-refractivity contribution is -0.336. The number of hydrogen-bond donors (Lipinski definition) is 6. The molecule has 0 aromatic heterocycles. The standard InChI is InChI=1S/C38H30N2O10/c41-23-15-11-19(12-16-23)25-35(31(43)44)27-37(33(47)48)26(20-13-17-24(42)18-14-20)38(34(49)50)28(39(27)21-7-3-1-4-8-21)36(25,32(45)46)30(38)40(29(35)37)22-9-5-2-6-10-22/h1-18,25-30,41-42H,(H,43,44)(H,45,46)(H,47,48)(H,49,50). The molecule has 6 N–H and O–H groups in total. The van der Waals surface area contributed by atoms with Crippen LogP contribution in [0.5, 0.6) is 11.5 Å². The summed E-state index contributed by atoms with van der Waals surface area (Å²) in [6.07, 6.45) is 0. The summed E-state index contributed by atoms with van der Waals surface area (Å²) in [5.41, 5.74) is -7.40. The molecular weight excluding hydrogens is 644 g/mol. The quantitative estimate of drug-likeness (QED) is 0.158. The molecule has 0 radical (unpaired) electrons. The van der Waals surface area contributed by atoms with Crippen molar-refractivity contribution in [1.29, 1.82) is 0 Å². The van der Waals surface area contributed by atoms with Crippen LogP contribution in [0.2, 0.25) is 0 Å². The molecule has 0 amide bonds. The van der Waals surface area contributed by atoms with E-state index in [1.54, 1.807) is 60.7 Å². The summed E-state index contributed by atoms with van der Waals surface area (Å²) >= 11 is 0. The van der Waals surface area contributed by atoms with Gasteiger partial charge in [-0.1, -0.05) is 60.7 Å². The van der Waals surface area contributed by atoms with Gasteiger partial charge in [-0.25, -0.2) is 0 Å². The third-order valence-corrected chi connectivity index (χ3v) is 12.7. The van der Waals surface area contributed by atoms with Crippen molar-refractivity contribution < 1.29 is 49.8 Å². The van der Waals surface area contributed by atoms with Gasteiger partial charge in [0.05, 0.1) is 24.2 Å². The van der Waals surface area contributed by atoms with E-state index in [-0.39, 0.29) is 22.6 Å². The number of piperidine rings is 4. The van der Waals surface area contributed by atoms with Gasteiger partial charge < -0.3 is 40.4 Å². The summed E-state index contributed by atoms with van der Waals surface area (Å²) in [6.45, 7) is 0. The Morgan fingerprint density at radius 1 is 0.420 bits per heavy atom. The Hall–Kier alpha value is -6.04. The minimum atomic E-state index is -2.13. The Kier molecular flexibility index (Phi) is 5.62. The number of aromatic hydroxyl groups is 2. The fraction of sp³-hybridized carbons (Fsp3) is 0.263. The second-order valence-electron chi connectivity index (χ2n) is 14.1. The Morgan fingerprint density at radius 2 is 0.680 bits per heavy atom. The molecule has 4 heterocycles. The first kappa shape index (κ1) is 30.1. The van der Waals surface area contributed by atoms with E-state index in [1.165, 1.54) is 58.3 Å². The molecule has 4 aliphatic heterocycles. The van der Waals surface area contributed by atoms with Crippen LogP contribution in [0.15, 0.2) is 109 Å². The zero-order chi connectivity index (χ0) is 35.1. The van der Waals surface area contributed by atoms with Gasteiger partial charge in [-0.15, -0.1) is 0 Å². The zero-order valence-electron chi connectivity index (χ0n) is 26.1. The molecule has 12 nitrogen and oxygen atoms in total. The number of phenolic OH excluding ortho intramolecular Hbond substituents is 2. The lowest BCUT2D eigenvalue weighted by atomic mass is 9.15. The minimum absolute atomic E-state index is 0.144. The number of carboxylic acid groups (broad SMARTS) is 4. The molecule has 6 fully saturated rings. The lowest BCUT2D eigenvalue weighted by Crippen LogP contribution is -3.10. The van der Waals surface area contributed by atoms with E-state index >= 15 is 0 Å². The maximum Gasteiger partial charge on any atom is 0.314 e. The van der Waals surface area contributed by atoms with Crippen LogP contribution in [0, 0.1) is 21.7 Å². The molecule has 4 aromatic carbocycles. The zero-order valence-corrected chi connectivity index (χ0v) is 26.1. The number of anilines is 2. The van der Waals surface area contributed by atoms with Gasteiger partial charge in [-0.05, 0) is 59.7 Å². The number of aliphatic carboxylic acids is 4. The summed E-state index contributed by atoms with van der Waals surface area (Å²) in [5, 5.41) is 67.3. The molecule has 12 heteroatoms. The van der Waals surface area contributed by atoms with Crippen molar-refractivity contribution in [3.05, 3.63) is 120 Å². The van der Waals surface area contributed by atoms with Gasteiger partial charge in [0, 0.05) is 23.2 Å². The predicted molar refractivity (Wildman–Crippen MR) is 175 cm³/mol. The van der Waals surface area contributed by atoms with Crippen LogP contribution >= 0.6 is 0 Å². The highest BCUT2D eigenvalue weighted by Gasteiger charge is 3.06. The fourth-order valence-corrected chi connectivity index (χ4v) is 11.8. The lowest BCUT2D eigenvalue weighted by Gasteiger charge is -2.94. The number of nitrogens with zero attached hydrogens (tertiary/aromatic N) is 2. The van der Waals surface area contributed by atoms with E-state index < -0.39 is 81.5 Å². The Morgan fingerprint density at radius 3 is 0.920 bits per heavy atom. The molecule has 10 rings (SSSR count). The fourth-order valence-electron chi connectivity index (χ4n) is 11.8. The van der Waals surface area contributed by atoms with E-state index in [2.05, 4.69) is 0 Å². The number of rotatable bonds is 8. The molecule has 0 atom stereocenters. The number of carboxylic acids is 4. The van der Waals surface area contributed by atoms with Crippen molar-refractivity contribution >= 4 is 35.3 Å². The van der Waals surface area contributed by atoms with Gasteiger partial charge in [-0.2, -0.15) is 0 Å². The van der Waals surface area contributed by atoms with Crippen molar-refractivity contribution in [1.82, 2.24) is 0 Å². The topological polar surface area (TPSA) is 196 Å². The largest absolute Gasteiger partial charge is 0.508 e. The molecule has 6 aliphatic rings. The third kappa shape index (κ3) is 2.82. The molecular formula is C38H30N2O10. The molecule has 0 spiro atoms. The van der Waals surface area contributed by atoms with Crippen molar-refractivity contribution in [3.8, 4) is 11.5 Å². The highest BCUT2D eigenvalue weighted by molar-refractivity contribution is 6.06. The van der Waals surface area contributed by atoms with Crippen LogP contribution in [-0.4, -0.2) is 78.7 Å². The Bertz CT molecular complexity index is 1880. The SMILES string of the molecule is O=C(O)C12C(c3ccc(O)cc3)C3(C(=O)O)C4N(c5ccccc5)C1C1(C(=O)O)C(c5ccc(O)cc5)C4(C(=O)O)C3N(c3ccccc3)C21. The highest BCUT2D eigenvalue weighted by Crippen LogP contribution is 2.92. The molecule has 50 heavy (non-hydrogen) atoms. The van der Waals surface area contributed by atoms with Crippen molar-refractivity contribution in [2.75, 3.05) is 9.80 Å². The molecule has 4 aromatic rings. The number of phenols is 2. The smallest absolute Gasteiger partial charge is 0.314 e. The summed E-state index contributed by atoms with van der Waals surface area (Å²) in [7, 11) is 0. The normalized spacial score (nSPS) is 36.6. The number of para-hydroxylation sites is 2. The van der Waals surface area contributed by atoms with Crippen LogP contribution in [0.1, 0.15) is 23.0 Å². The van der Waals surface area contributed by atoms with Gasteiger partial charge in [0.2, 0.25) is 0 Å². The summed E-state index contributed by atoms with van der Waals surface area (Å²) in [5.74, 6) is -8.76. The van der Waals surface area contributed by atoms with E-state index in [0.717, 1.165) is 0 Å². The van der Waals surface area contributed by atoms with E-state index in [0.29, 0.717) is 11.4 Å². The van der Waals surface area contributed by atoms with Crippen LogP contribution in [-0.2, 0) is 19.2 Å². The second kappa shape index (κ2) is 9.35. The van der Waals surface area contributed by atoms with Crippen molar-refractivity contribution in [2.45, 2.75) is 36.0 Å². The molecule has 2 saturated carbocycles. The minimum Gasteiger partial charge on any atom is -0.508 e. The number of carbonyl (C=O) groups is 4. The van der Waals surface area contributed by atoms with Gasteiger partial charge in [-0.3, -0.25) is 19.2 Å². The Labute approximate surface area is 284 Å². The first-order chi connectivity index (χ1) is 24.0. The number of hydrogen-bond acceptors (Lipinski definition) is 8. The molecule has 2 aliphatic carbocycles. The average molecular weight is 675 g/mol. The maximum atomic E-state index is 14.4. The van der Waals surface area contributed by atoms with Crippen LogP contribution in [0.25, 0.3) is 0 Å². The molecule has 8 bridgehead atoms. The van der Waals surface area contributed by atoms with Crippen LogP contribution < -0.4 is 9.80 Å². The summed E-state index contributed by atoms with van der Waals surface area (Å²) in [6, 6.07) is 21.8. The summed E-state index contributed by atoms with van der Waals surface area (Å²) in [4.78, 5) is 60.7. The maximum absolute atomic E-state index is 14.4. The van der Waals surface area contributed by atoms with Crippen LogP contribution in [0.4, 0.5) is 11.4 Å². The monoisotopic (exact) mass is 674 g/mol. The molecule has 0 unspecified atom stereocenters. The average Bonchev–Trinajstić information content (AvgIpc) is 3.07. The van der Waals surface area contributed by atoms with Gasteiger partial charge in [0.1, 0.15) is 33.2 Å². The van der Waals surface area contributed by atoms with Gasteiger partial charge in [0.25, 0.3) is 0 Å². The van der Waals surface area contributed by atoms with Crippen molar-refractivity contribution in [2.24, 2.45) is 21.7 Å². The molecule has 4 saturated heterocycles. The van der Waals surface area contributed by atoms with Gasteiger partial charge in [0.15, 0.2) is 0 Å². The van der Waals surface area contributed by atoms with Crippen LogP contribution in [0.3, 0.4) is 0 Å². The van der Waals surface area contributed by atoms with Gasteiger partial charge >= 0.3 is 23.9 Å². The van der Waals surface area contributed by atoms with Crippen molar-refractivity contribution in [3.63, 3.8) is 0 Å². The van der Waals surface area contributed by atoms with E-state index in [4.69, 9.17) is 0 Å².